The van der Waals surface area contributed by atoms with Crippen LogP contribution in [0.25, 0.3) is 5.41 Å². The van der Waals surface area contributed by atoms with Gasteiger partial charge in [-0.25, -0.2) is 20.0 Å². The summed E-state index contributed by atoms with van der Waals surface area (Å²) >= 11 is 0. The second kappa shape index (κ2) is 6.50. The van der Waals surface area contributed by atoms with E-state index < -0.39 is 0 Å². The Morgan fingerprint density at radius 3 is 1.68 bits per heavy atom. The first-order valence-electron chi connectivity index (χ1n) is 9.73. The Morgan fingerprint density at radius 2 is 1.00 bits per heavy atom. The molecule has 0 unspecified atom stereocenters. The van der Waals surface area contributed by atoms with Crippen LogP contribution >= 0.6 is 0 Å². The Labute approximate surface area is 177 Å². The van der Waals surface area contributed by atoms with Crippen molar-refractivity contribution in [1.29, 1.82) is 0 Å². The second-order valence-corrected chi connectivity index (χ2v) is 7.20. The maximum Gasteiger partial charge on any atom is 0.164 e. The number of rotatable bonds is 0. The van der Waals surface area contributed by atoms with Gasteiger partial charge in [-0.15, -0.1) is 0 Å². The van der Waals surface area contributed by atoms with E-state index in [1.54, 1.807) is 0 Å². The molecule has 3 heterocycles. The molecule has 3 aliphatic rings. The topological polar surface area (TPSA) is 110 Å². The molecule has 0 fully saturated rings. The average molecular weight is 400 g/mol. The predicted molar refractivity (Wildman–Crippen MR) is 124 cm³/mol. The fourth-order valence-electron chi connectivity index (χ4n) is 3.87. The predicted octanol–water partition coefficient (Wildman–Crippen LogP) is 3.14. The van der Waals surface area contributed by atoms with Gasteiger partial charge < -0.3 is 16.1 Å². The number of nitrogens with zero attached hydrogens (tertiary/aromatic N) is 6. The van der Waals surface area contributed by atoms with Gasteiger partial charge in [-0.05, 0) is 5.56 Å². The highest BCUT2D eigenvalue weighted by Crippen LogP contribution is 2.25. The van der Waals surface area contributed by atoms with Crippen LogP contribution in [0.15, 0.2) is 97.8 Å². The molecule has 0 saturated carbocycles. The van der Waals surface area contributed by atoms with Crippen molar-refractivity contribution in [2.24, 2.45) is 30.7 Å². The SMILES string of the molecule is [N-]=C1N=C(N=C2N=C(N=C3N=C(N)c4ccccc43)c3ccccc32)c2ccccc21. The molecule has 0 amide bonds. The van der Waals surface area contributed by atoms with Gasteiger partial charge in [-0.2, -0.15) is 0 Å². The molecule has 2 N–H and O–H groups in total. The van der Waals surface area contributed by atoms with Crippen molar-refractivity contribution in [2.45, 2.75) is 0 Å². The van der Waals surface area contributed by atoms with Gasteiger partial charge in [0.05, 0.1) is 5.84 Å². The van der Waals surface area contributed by atoms with Gasteiger partial charge in [0.2, 0.25) is 0 Å². The molecule has 3 aliphatic heterocycles. The van der Waals surface area contributed by atoms with Crippen LogP contribution in [0.4, 0.5) is 0 Å². The third kappa shape index (κ3) is 2.67. The maximum absolute atomic E-state index is 10.2. The Balaban J connectivity index is 1.47. The average Bonchev–Trinajstić information content (AvgIpc) is 3.42. The Bertz CT molecular complexity index is 1450. The third-order valence-electron chi connectivity index (χ3n) is 5.34. The molecule has 0 aliphatic carbocycles. The Kier molecular flexibility index (Phi) is 3.64. The minimum atomic E-state index is -0.0435. The van der Waals surface area contributed by atoms with Crippen molar-refractivity contribution in [1.82, 2.24) is 0 Å². The van der Waals surface area contributed by atoms with Crippen LogP contribution in [0.2, 0.25) is 0 Å². The first-order chi connectivity index (χ1) is 15.2. The Morgan fingerprint density at radius 1 is 0.548 bits per heavy atom. The van der Waals surface area contributed by atoms with Crippen molar-refractivity contribution >= 4 is 35.0 Å². The molecule has 0 atom stereocenters. The minimum absolute atomic E-state index is 0.0435. The molecule has 31 heavy (non-hydrogen) atoms. The molecule has 0 spiro atoms. The number of hydrogen-bond acceptors (Lipinski definition) is 3. The van der Waals surface area contributed by atoms with E-state index in [1.807, 2.05) is 72.8 Å². The second-order valence-electron chi connectivity index (χ2n) is 7.20. The van der Waals surface area contributed by atoms with Crippen LogP contribution in [-0.2, 0) is 0 Å². The third-order valence-corrected chi connectivity index (χ3v) is 5.34. The van der Waals surface area contributed by atoms with Gasteiger partial charge in [0.1, 0.15) is 5.84 Å². The summed E-state index contributed by atoms with van der Waals surface area (Å²) in [5.41, 5.74) is 10.9. The molecule has 146 valence electrons. The van der Waals surface area contributed by atoms with Crippen LogP contribution in [0.3, 0.4) is 0 Å². The molecule has 3 aromatic carbocycles. The van der Waals surface area contributed by atoms with Crippen LogP contribution in [-0.4, -0.2) is 35.0 Å². The lowest BCUT2D eigenvalue weighted by atomic mass is 10.1. The number of aliphatic imine (C=N–C) groups is 5. The van der Waals surface area contributed by atoms with E-state index in [0.29, 0.717) is 34.7 Å². The van der Waals surface area contributed by atoms with Crippen LogP contribution in [0.1, 0.15) is 33.4 Å². The normalized spacial score (nSPS) is 18.6. The van der Waals surface area contributed by atoms with Gasteiger partial charge in [-0.3, -0.25) is 0 Å². The lowest BCUT2D eigenvalue weighted by Crippen LogP contribution is -2.09. The number of amidine groups is 6. The molecule has 7 nitrogen and oxygen atoms in total. The molecular weight excluding hydrogens is 386 g/mol. The van der Waals surface area contributed by atoms with E-state index in [-0.39, 0.29) is 5.84 Å². The first-order valence-corrected chi connectivity index (χ1v) is 9.73. The van der Waals surface area contributed by atoms with Crippen molar-refractivity contribution in [3.8, 4) is 0 Å². The van der Waals surface area contributed by atoms with E-state index in [9.17, 15) is 5.41 Å². The van der Waals surface area contributed by atoms with Crippen molar-refractivity contribution in [2.75, 3.05) is 0 Å². The maximum atomic E-state index is 10.2. The van der Waals surface area contributed by atoms with Gasteiger partial charge >= 0.3 is 0 Å². The highest BCUT2D eigenvalue weighted by atomic mass is 15.1. The van der Waals surface area contributed by atoms with E-state index >= 15 is 0 Å². The van der Waals surface area contributed by atoms with Crippen LogP contribution in [0, 0.1) is 0 Å². The van der Waals surface area contributed by atoms with Gasteiger partial charge in [-0.1, -0.05) is 78.6 Å². The van der Waals surface area contributed by atoms with E-state index in [1.165, 1.54) is 0 Å². The molecule has 0 aromatic heterocycles. The zero-order valence-electron chi connectivity index (χ0n) is 16.2. The molecule has 7 heteroatoms. The van der Waals surface area contributed by atoms with Gasteiger partial charge in [0.25, 0.3) is 0 Å². The summed E-state index contributed by atoms with van der Waals surface area (Å²) in [5, 5.41) is 10.2. The molecule has 3 aromatic rings. The van der Waals surface area contributed by atoms with E-state index in [2.05, 4.69) is 20.0 Å². The summed E-state index contributed by atoms with van der Waals surface area (Å²) in [6, 6.07) is 22.9. The van der Waals surface area contributed by atoms with E-state index in [0.717, 1.165) is 27.8 Å². The fourth-order valence-corrected chi connectivity index (χ4v) is 3.87. The summed E-state index contributed by atoms with van der Waals surface area (Å²) < 4.78 is 0. The minimum Gasteiger partial charge on any atom is -0.464 e. The zero-order valence-corrected chi connectivity index (χ0v) is 16.2. The zero-order chi connectivity index (χ0) is 20.9. The van der Waals surface area contributed by atoms with Crippen molar-refractivity contribution in [3.05, 3.63) is 112 Å². The van der Waals surface area contributed by atoms with Gasteiger partial charge in [0.15, 0.2) is 17.5 Å². The molecular formula is C24H14N7-. The smallest absolute Gasteiger partial charge is 0.164 e. The molecule has 6 rings (SSSR count). The van der Waals surface area contributed by atoms with E-state index in [4.69, 9.17) is 10.7 Å². The largest absolute Gasteiger partial charge is 0.464 e. The van der Waals surface area contributed by atoms with Crippen LogP contribution in [0.5, 0.6) is 0 Å². The molecule has 0 saturated heterocycles. The van der Waals surface area contributed by atoms with Crippen molar-refractivity contribution < 1.29 is 0 Å². The first kappa shape index (κ1) is 17.3. The van der Waals surface area contributed by atoms with Crippen molar-refractivity contribution in [3.63, 3.8) is 0 Å². The summed E-state index contributed by atoms with van der Waals surface area (Å²) in [5.74, 6) is 2.34. The summed E-state index contributed by atoms with van der Waals surface area (Å²) in [6.07, 6.45) is 0. The summed E-state index contributed by atoms with van der Waals surface area (Å²) in [6.45, 7) is 0. The highest BCUT2D eigenvalue weighted by Gasteiger charge is 2.25. The lowest BCUT2D eigenvalue weighted by molar-refractivity contribution is 1.51. The number of hydrogen-bond donors (Lipinski definition) is 1. The number of nitrogens with two attached hydrogens (primary N) is 1. The summed E-state index contributed by atoms with van der Waals surface area (Å²) in [4.78, 5) is 22.7. The van der Waals surface area contributed by atoms with Gasteiger partial charge in [0, 0.05) is 27.8 Å². The molecule has 0 radical (unpaired) electrons. The highest BCUT2D eigenvalue weighted by molar-refractivity contribution is 6.32. The fraction of sp³-hybridized carbons (Fsp3) is 0. The number of benzene rings is 3. The molecule has 0 bridgehead atoms. The summed E-state index contributed by atoms with van der Waals surface area (Å²) in [7, 11) is 0. The van der Waals surface area contributed by atoms with Crippen LogP contribution < -0.4 is 5.73 Å². The number of fused-ring (bicyclic) bond motifs is 3. The quantitative estimate of drug-likeness (QED) is 0.614. The standard InChI is InChI=1S/C24H14N7/c25-19-13-7-1-3-9-15(13)21(27-19)29-23-17-11-5-6-12-18(17)24(31-23)30-22-16-10-4-2-8-14(16)20(26)28-22/h1-12H,(H2-,25,26,27,28,29,30,31)/q-1. The monoisotopic (exact) mass is 400 g/mol. The Hall–Kier alpha value is -4.52. The lowest BCUT2D eigenvalue weighted by Gasteiger charge is -2.03.